The Kier molecular flexibility index (Phi) is 5.61. The van der Waals surface area contributed by atoms with Crippen molar-refractivity contribution in [1.82, 2.24) is 5.32 Å². The summed E-state index contributed by atoms with van der Waals surface area (Å²) in [6, 6.07) is 12.4. The molecular weight excluding hydrogens is 308 g/mol. The Balaban J connectivity index is 2.21. The number of rotatable bonds is 6. The Hall–Kier alpha value is -1.56. The molecule has 0 aliphatic rings. The molecule has 0 aliphatic heterocycles. The van der Waals surface area contributed by atoms with Crippen LogP contribution in [0, 0.1) is 10.1 Å². The zero-order valence-corrected chi connectivity index (χ0v) is 13.1. The molecule has 0 aromatic heterocycles. The highest BCUT2D eigenvalue weighted by atomic mass is 35.5. The van der Waals surface area contributed by atoms with E-state index in [1.54, 1.807) is 18.2 Å². The zero-order chi connectivity index (χ0) is 15.2. The second-order valence-electron chi connectivity index (χ2n) is 4.36. The predicted octanol–water partition coefficient (Wildman–Crippen LogP) is 4.51. The summed E-state index contributed by atoms with van der Waals surface area (Å²) in [6.45, 7) is 3.63. The van der Waals surface area contributed by atoms with Gasteiger partial charge in [-0.25, -0.2) is 0 Å². The lowest BCUT2D eigenvalue weighted by Crippen LogP contribution is -2.11. The van der Waals surface area contributed by atoms with Crippen LogP contribution in [-0.2, 0) is 6.54 Å². The third-order valence-electron chi connectivity index (χ3n) is 2.88. The smallest absolute Gasteiger partial charge is 0.283 e. The molecule has 0 amide bonds. The molecule has 0 radical (unpaired) electrons. The standard InChI is InChI=1S/C15H15ClN2O2S/c1-2-17-10-11-7-8-12(9-13(11)16)21-15-6-4-3-5-14(15)18(19)20/h3-9,17H,2,10H2,1H3. The molecule has 0 saturated heterocycles. The maximum atomic E-state index is 11.0. The average molecular weight is 323 g/mol. The highest BCUT2D eigenvalue weighted by molar-refractivity contribution is 7.99. The number of hydrogen-bond donors (Lipinski definition) is 1. The van der Waals surface area contributed by atoms with Crippen LogP contribution in [-0.4, -0.2) is 11.5 Å². The number of benzene rings is 2. The average Bonchev–Trinajstić information content (AvgIpc) is 2.47. The highest BCUT2D eigenvalue weighted by Gasteiger charge is 2.14. The fraction of sp³-hybridized carbons (Fsp3) is 0.200. The van der Waals surface area contributed by atoms with E-state index in [0.29, 0.717) is 16.5 Å². The van der Waals surface area contributed by atoms with Crippen molar-refractivity contribution < 1.29 is 4.92 Å². The quantitative estimate of drug-likeness (QED) is 0.628. The first-order valence-corrected chi connectivity index (χ1v) is 7.71. The van der Waals surface area contributed by atoms with Crippen LogP contribution in [0.3, 0.4) is 0 Å². The molecule has 0 atom stereocenters. The molecule has 0 aliphatic carbocycles. The van der Waals surface area contributed by atoms with E-state index < -0.39 is 0 Å². The number of hydrogen-bond acceptors (Lipinski definition) is 4. The van der Waals surface area contributed by atoms with E-state index in [9.17, 15) is 10.1 Å². The number of para-hydroxylation sites is 1. The van der Waals surface area contributed by atoms with Gasteiger partial charge in [-0.1, -0.05) is 48.5 Å². The summed E-state index contributed by atoms with van der Waals surface area (Å²) >= 11 is 7.59. The molecule has 2 rings (SSSR count). The van der Waals surface area contributed by atoms with E-state index >= 15 is 0 Å². The van der Waals surface area contributed by atoms with Crippen LogP contribution < -0.4 is 5.32 Å². The zero-order valence-electron chi connectivity index (χ0n) is 11.5. The molecular formula is C15H15ClN2O2S. The SMILES string of the molecule is CCNCc1ccc(Sc2ccccc2[N+](=O)[O-])cc1Cl. The molecule has 0 fully saturated rings. The Bertz CT molecular complexity index is 649. The third-order valence-corrected chi connectivity index (χ3v) is 4.29. The van der Waals surface area contributed by atoms with E-state index in [2.05, 4.69) is 5.32 Å². The van der Waals surface area contributed by atoms with Gasteiger partial charge in [0.1, 0.15) is 0 Å². The van der Waals surface area contributed by atoms with Gasteiger partial charge in [0.05, 0.1) is 9.82 Å². The molecule has 0 spiro atoms. The first-order chi connectivity index (χ1) is 10.1. The lowest BCUT2D eigenvalue weighted by molar-refractivity contribution is -0.387. The number of nitro benzene ring substituents is 1. The monoisotopic (exact) mass is 322 g/mol. The van der Waals surface area contributed by atoms with Crippen LogP contribution >= 0.6 is 23.4 Å². The van der Waals surface area contributed by atoms with Crippen LogP contribution in [0.1, 0.15) is 12.5 Å². The van der Waals surface area contributed by atoms with Crippen LogP contribution in [0.4, 0.5) is 5.69 Å². The number of nitrogens with one attached hydrogen (secondary N) is 1. The van der Waals surface area contributed by atoms with Crippen LogP contribution in [0.25, 0.3) is 0 Å². The Labute approximate surface area is 132 Å². The van der Waals surface area contributed by atoms with E-state index in [4.69, 9.17) is 11.6 Å². The first-order valence-electron chi connectivity index (χ1n) is 6.52. The minimum Gasteiger partial charge on any atom is -0.313 e. The summed E-state index contributed by atoms with van der Waals surface area (Å²) < 4.78 is 0. The summed E-state index contributed by atoms with van der Waals surface area (Å²) in [4.78, 5) is 12.1. The second kappa shape index (κ2) is 7.45. The summed E-state index contributed by atoms with van der Waals surface area (Å²) in [7, 11) is 0. The Morgan fingerprint density at radius 3 is 2.71 bits per heavy atom. The topological polar surface area (TPSA) is 55.2 Å². The third kappa shape index (κ3) is 4.20. The molecule has 1 N–H and O–H groups in total. The molecule has 2 aromatic rings. The summed E-state index contributed by atoms with van der Waals surface area (Å²) in [6.07, 6.45) is 0. The van der Waals surface area contributed by atoms with Gasteiger partial charge in [0.15, 0.2) is 0 Å². The van der Waals surface area contributed by atoms with Crippen molar-refractivity contribution in [3.05, 3.63) is 63.2 Å². The molecule has 2 aromatic carbocycles. The fourth-order valence-corrected chi connectivity index (χ4v) is 3.09. The lowest BCUT2D eigenvalue weighted by Gasteiger charge is -2.08. The lowest BCUT2D eigenvalue weighted by atomic mass is 10.2. The van der Waals surface area contributed by atoms with E-state index in [0.717, 1.165) is 17.0 Å². The minimum absolute atomic E-state index is 0.107. The summed E-state index contributed by atoms with van der Waals surface area (Å²) in [5.41, 5.74) is 1.13. The highest BCUT2D eigenvalue weighted by Crippen LogP contribution is 2.36. The second-order valence-corrected chi connectivity index (χ2v) is 5.88. The van der Waals surface area contributed by atoms with Crippen LogP contribution in [0.5, 0.6) is 0 Å². The Morgan fingerprint density at radius 1 is 1.29 bits per heavy atom. The number of halogens is 1. The molecule has 0 saturated carbocycles. The van der Waals surface area contributed by atoms with Gasteiger partial charge < -0.3 is 5.32 Å². The maximum absolute atomic E-state index is 11.0. The largest absolute Gasteiger partial charge is 0.313 e. The van der Waals surface area contributed by atoms with Gasteiger partial charge in [0.25, 0.3) is 5.69 Å². The normalized spacial score (nSPS) is 10.6. The van der Waals surface area contributed by atoms with Gasteiger partial charge in [-0.3, -0.25) is 10.1 Å². The van der Waals surface area contributed by atoms with Crippen molar-refractivity contribution in [1.29, 1.82) is 0 Å². The molecule has 6 heteroatoms. The number of nitrogens with zero attached hydrogens (tertiary/aromatic N) is 1. The van der Waals surface area contributed by atoms with Gasteiger partial charge in [0, 0.05) is 22.5 Å². The van der Waals surface area contributed by atoms with Crippen LogP contribution in [0.2, 0.25) is 5.02 Å². The van der Waals surface area contributed by atoms with Crippen molar-refractivity contribution in [3.8, 4) is 0 Å². The number of nitro groups is 1. The molecule has 110 valence electrons. The van der Waals surface area contributed by atoms with E-state index in [-0.39, 0.29) is 10.6 Å². The van der Waals surface area contributed by atoms with Gasteiger partial charge in [-0.2, -0.15) is 0 Å². The molecule has 0 unspecified atom stereocenters. The summed E-state index contributed by atoms with van der Waals surface area (Å²) in [5, 5.41) is 14.9. The van der Waals surface area contributed by atoms with Crippen molar-refractivity contribution >= 4 is 29.1 Å². The van der Waals surface area contributed by atoms with Crippen molar-refractivity contribution in [2.45, 2.75) is 23.3 Å². The Morgan fingerprint density at radius 2 is 2.05 bits per heavy atom. The first kappa shape index (κ1) is 15.8. The van der Waals surface area contributed by atoms with Gasteiger partial charge >= 0.3 is 0 Å². The molecule has 0 heterocycles. The van der Waals surface area contributed by atoms with Crippen molar-refractivity contribution in [3.63, 3.8) is 0 Å². The van der Waals surface area contributed by atoms with Crippen molar-refractivity contribution in [2.75, 3.05) is 6.54 Å². The van der Waals surface area contributed by atoms with Gasteiger partial charge in [0.2, 0.25) is 0 Å². The molecule has 21 heavy (non-hydrogen) atoms. The summed E-state index contributed by atoms with van der Waals surface area (Å²) in [5.74, 6) is 0. The van der Waals surface area contributed by atoms with E-state index in [1.165, 1.54) is 17.8 Å². The van der Waals surface area contributed by atoms with Gasteiger partial charge in [-0.05, 0) is 30.3 Å². The fourth-order valence-electron chi connectivity index (χ4n) is 1.82. The minimum atomic E-state index is -0.372. The molecule has 0 bridgehead atoms. The molecule has 4 nitrogen and oxygen atoms in total. The van der Waals surface area contributed by atoms with Crippen LogP contribution in [0.15, 0.2) is 52.3 Å². The maximum Gasteiger partial charge on any atom is 0.283 e. The van der Waals surface area contributed by atoms with Crippen molar-refractivity contribution in [2.24, 2.45) is 0 Å². The van der Waals surface area contributed by atoms with Gasteiger partial charge in [-0.15, -0.1) is 0 Å². The van der Waals surface area contributed by atoms with E-state index in [1.807, 2.05) is 25.1 Å². The predicted molar refractivity (Wildman–Crippen MR) is 86.1 cm³/mol.